The van der Waals surface area contributed by atoms with Gasteiger partial charge >= 0.3 is 0 Å². The predicted molar refractivity (Wildman–Crippen MR) is 67.6 cm³/mol. The third-order valence-corrected chi connectivity index (χ3v) is 3.04. The summed E-state index contributed by atoms with van der Waals surface area (Å²) >= 11 is 6.20. The first-order valence-corrected chi connectivity index (χ1v) is 5.67. The van der Waals surface area contributed by atoms with Crippen LogP contribution in [0, 0.1) is 6.92 Å². The zero-order valence-corrected chi connectivity index (χ0v) is 10.3. The van der Waals surface area contributed by atoms with E-state index in [4.69, 9.17) is 11.6 Å². The molecule has 0 spiro atoms. The lowest BCUT2D eigenvalue weighted by Crippen LogP contribution is -2.02. The van der Waals surface area contributed by atoms with Crippen molar-refractivity contribution in [2.45, 2.75) is 6.92 Å². The fourth-order valence-corrected chi connectivity index (χ4v) is 2.26. The number of hydrogen-bond acceptors (Lipinski definition) is 2. The highest BCUT2D eigenvalue weighted by molar-refractivity contribution is 6.35. The Morgan fingerprint density at radius 2 is 2.18 bits per heavy atom. The second-order valence-corrected chi connectivity index (χ2v) is 4.40. The Morgan fingerprint density at radius 3 is 2.88 bits per heavy atom. The van der Waals surface area contributed by atoms with E-state index in [1.165, 1.54) is 0 Å². The molecule has 3 aromatic rings. The van der Waals surface area contributed by atoms with E-state index in [1.54, 1.807) is 6.20 Å². The second-order valence-electron chi connectivity index (χ2n) is 3.99. The van der Waals surface area contributed by atoms with Crippen LogP contribution in [0.15, 0.2) is 30.6 Å². The summed E-state index contributed by atoms with van der Waals surface area (Å²) in [6.45, 7) is 1.96. The molecule has 0 bridgehead atoms. The normalized spacial score (nSPS) is 11.2. The molecular weight excluding hydrogens is 236 g/mol. The minimum atomic E-state index is 0.701. The minimum absolute atomic E-state index is 0.701. The van der Waals surface area contributed by atoms with Gasteiger partial charge in [0.05, 0.1) is 10.7 Å². The fraction of sp³-hybridized carbons (Fsp3) is 0.167. The number of halogens is 1. The van der Waals surface area contributed by atoms with Crippen molar-refractivity contribution in [1.82, 2.24) is 19.3 Å². The van der Waals surface area contributed by atoms with Crippen LogP contribution in [-0.4, -0.2) is 19.3 Å². The molecule has 86 valence electrons. The molecule has 0 aromatic carbocycles. The second kappa shape index (κ2) is 3.60. The number of fused-ring (bicyclic) bond motifs is 1. The summed E-state index contributed by atoms with van der Waals surface area (Å²) in [5, 5.41) is 5.98. The third kappa shape index (κ3) is 1.52. The molecule has 0 amide bonds. The zero-order chi connectivity index (χ0) is 12.0. The molecule has 3 rings (SSSR count). The molecule has 0 aliphatic heterocycles. The Balaban J connectivity index is 2.34. The first kappa shape index (κ1) is 10.4. The van der Waals surface area contributed by atoms with Gasteiger partial charge in [-0.2, -0.15) is 5.10 Å². The topological polar surface area (TPSA) is 35.6 Å². The molecule has 0 aliphatic carbocycles. The molecule has 5 heteroatoms. The number of nitrogens with zero attached hydrogens (tertiary/aromatic N) is 4. The van der Waals surface area contributed by atoms with Gasteiger partial charge in [0.2, 0.25) is 0 Å². The van der Waals surface area contributed by atoms with Gasteiger partial charge in [-0.1, -0.05) is 11.6 Å². The standard InChI is InChI=1S/C12H11ClN4/c1-8-6-11(16(2)15-8)17-7-10(13)9-4-3-5-14-12(9)17/h3-7H,1-2H3. The van der Waals surface area contributed by atoms with E-state index in [1.807, 2.05) is 47.6 Å². The van der Waals surface area contributed by atoms with E-state index in [0.717, 1.165) is 22.5 Å². The number of aryl methyl sites for hydroxylation is 2. The lowest BCUT2D eigenvalue weighted by atomic mass is 10.3. The van der Waals surface area contributed by atoms with Gasteiger partial charge in [0.1, 0.15) is 11.5 Å². The highest BCUT2D eigenvalue weighted by Gasteiger charge is 2.12. The Labute approximate surface area is 103 Å². The molecule has 4 nitrogen and oxygen atoms in total. The molecule has 0 saturated heterocycles. The number of aromatic nitrogens is 4. The first-order valence-electron chi connectivity index (χ1n) is 5.29. The molecule has 0 radical (unpaired) electrons. The van der Waals surface area contributed by atoms with Crippen LogP contribution in [0.25, 0.3) is 16.9 Å². The lowest BCUT2D eigenvalue weighted by Gasteiger charge is -2.03. The largest absolute Gasteiger partial charge is 0.284 e. The monoisotopic (exact) mass is 246 g/mol. The van der Waals surface area contributed by atoms with Gasteiger partial charge in [-0.15, -0.1) is 0 Å². The summed E-state index contributed by atoms with van der Waals surface area (Å²) in [4.78, 5) is 4.37. The summed E-state index contributed by atoms with van der Waals surface area (Å²) in [7, 11) is 1.91. The average Bonchev–Trinajstić information content (AvgIpc) is 2.80. The van der Waals surface area contributed by atoms with Crippen LogP contribution in [0.4, 0.5) is 0 Å². The molecular formula is C12H11ClN4. The van der Waals surface area contributed by atoms with Gasteiger partial charge in [-0.3, -0.25) is 9.25 Å². The Bertz CT molecular complexity index is 696. The molecule has 3 aromatic heterocycles. The van der Waals surface area contributed by atoms with Gasteiger partial charge in [0.25, 0.3) is 0 Å². The molecule has 3 heterocycles. The quantitative estimate of drug-likeness (QED) is 0.662. The Kier molecular flexibility index (Phi) is 2.19. The summed E-state index contributed by atoms with van der Waals surface area (Å²) in [6, 6.07) is 5.85. The molecule has 0 saturated carbocycles. The average molecular weight is 247 g/mol. The SMILES string of the molecule is Cc1cc(-n2cc(Cl)c3cccnc32)n(C)n1. The van der Waals surface area contributed by atoms with E-state index in [9.17, 15) is 0 Å². The summed E-state index contributed by atoms with van der Waals surface area (Å²) in [6.07, 6.45) is 3.63. The van der Waals surface area contributed by atoms with E-state index in [2.05, 4.69) is 10.1 Å². The summed E-state index contributed by atoms with van der Waals surface area (Å²) in [5.41, 5.74) is 1.82. The highest BCUT2D eigenvalue weighted by Crippen LogP contribution is 2.26. The van der Waals surface area contributed by atoms with Gasteiger partial charge in [-0.05, 0) is 19.1 Å². The smallest absolute Gasteiger partial charge is 0.147 e. The van der Waals surface area contributed by atoms with Crippen LogP contribution in [0.5, 0.6) is 0 Å². The fourth-order valence-electron chi connectivity index (χ4n) is 2.02. The van der Waals surface area contributed by atoms with Crippen molar-refractivity contribution in [2.75, 3.05) is 0 Å². The van der Waals surface area contributed by atoms with Crippen LogP contribution in [-0.2, 0) is 7.05 Å². The van der Waals surface area contributed by atoms with Crippen LogP contribution in [0.3, 0.4) is 0 Å². The molecule has 0 fully saturated rings. The van der Waals surface area contributed by atoms with Crippen molar-refractivity contribution in [3.63, 3.8) is 0 Å². The van der Waals surface area contributed by atoms with Crippen molar-refractivity contribution < 1.29 is 0 Å². The Hall–Kier alpha value is -1.81. The maximum Gasteiger partial charge on any atom is 0.147 e. The molecule has 0 N–H and O–H groups in total. The zero-order valence-electron chi connectivity index (χ0n) is 9.55. The van der Waals surface area contributed by atoms with Gasteiger partial charge in [-0.25, -0.2) is 4.98 Å². The third-order valence-electron chi connectivity index (χ3n) is 2.74. The van der Waals surface area contributed by atoms with Gasteiger partial charge in [0.15, 0.2) is 0 Å². The maximum absolute atomic E-state index is 6.20. The van der Waals surface area contributed by atoms with E-state index >= 15 is 0 Å². The van der Waals surface area contributed by atoms with Crippen molar-refractivity contribution >= 4 is 22.6 Å². The van der Waals surface area contributed by atoms with Gasteiger partial charge in [0, 0.05) is 30.9 Å². The summed E-state index contributed by atoms with van der Waals surface area (Å²) < 4.78 is 3.78. The maximum atomic E-state index is 6.20. The van der Waals surface area contributed by atoms with Crippen LogP contribution in [0.1, 0.15) is 5.69 Å². The molecule has 0 atom stereocenters. The minimum Gasteiger partial charge on any atom is -0.284 e. The van der Waals surface area contributed by atoms with Crippen LogP contribution in [0.2, 0.25) is 5.02 Å². The van der Waals surface area contributed by atoms with E-state index < -0.39 is 0 Å². The van der Waals surface area contributed by atoms with Crippen molar-refractivity contribution in [2.24, 2.45) is 7.05 Å². The Morgan fingerprint density at radius 1 is 1.35 bits per heavy atom. The van der Waals surface area contributed by atoms with Crippen LogP contribution >= 0.6 is 11.6 Å². The molecule has 0 unspecified atom stereocenters. The van der Waals surface area contributed by atoms with E-state index in [0.29, 0.717) is 5.02 Å². The summed E-state index contributed by atoms with van der Waals surface area (Å²) in [5.74, 6) is 0.957. The molecule has 0 aliphatic rings. The van der Waals surface area contributed by atoms with Gasteiger partial charge < -0.3 is 0 Å². The van der Waals surface area contributed by atoms with Crippen molar-refractivity contribution in [1.29, 1.82) is 0 Å². The lowest BCUT2D eigenvalue weighted by molar-refractivity contribution is 0.727. The number of rotatable bonds is 1. The van der Waals surface area contributed by atoms with Crippen molar-refractivity contribution in [3.05, 3.63) is 41.3 Å². The first-order chi connectivity index (χ1) is 8.16. The molecule has 17 heavy (non-hydrogen) atoms. The predicted octanol–water partition coefficient (Wildman–Crippen LogP) is 2.72. The van der Waals surface area contributed by atoms with Crippen molar-refractivity contribution in [3.8, 4) is 5.82 Å². The number of hydrogen-bond donors (Lipinski definition) is 0. The van der Waals surface area contributed by atoms with Crippen LogP contribution < -0.4 is 0 Å². The van der Waals surface area contributed by atoms with E-state index in [-0.39, 0.29) is 0 Å². The highest BCUT2D eigenvalue weighted by atomic mass is 35.5. The number of pyridine rings is 1.